The summed E-state index contributed by atoms with van der Waals surface area (Å²) in [5.74, 6) is 0. The lowest BCUT2D eigenvalue weighted by Crippen LogP contribution is -2.43. The van der Waals surface area contributed by atoms with Crippen molar-refractivity contribution in [1.82, 2.24) is 0 Å². The zero-order valence-corrected chi connectivity index (χ0v) is 27.5. The molecular weight excluding hydrogens is 569 g/mol. The normalized spacial score (nSPS) is 12.7. The fourth-order valence-electron chi connectivity index (χ4n) is 2.21. The highest BCUT2D eigenvalue weighted by Gasteiger charge is 2.40. The van der Waals surface area contributed by atoms with Gasteiger partial charge in [-0.05, 0) is 36.3 Å². The first kappa shape index (κ1) is 61.0. The molecule has 0 aliphatic rings. The minimum Gasteiger partial charge on any atom is -0.414 e. The maximum absolute atomic E-state index is 6.16. The summed E-state index contributed by atoms with van der Waals surface area (Å²) in [4.78, 5) is 5.68. The maximum Gasteiger partial charge on any atom is 0.238 e. The molecular formula is C32H82O8Si2. The zero-order chi connectivity index (χ0) is 28.5. The first-order valence-corrected chi connectivity index (χ1v) is 18.6. The first-order valence-electron chi connectivity index (χ1n) is 12.8. The monoisotopic (exact) mass is 651 g/mol. The minimum absolute atomic E-state index is 0. The van der Waals surface area contributed by atoms with Gasteiger partial charge in [0.05, 0.1) is 52.9 Å². The van der Waals surface area contributed by atoms with Gasteiger partial charge in [-0.25, -0.2) is 4.89 Å². The number of methoxy groups -OCH3 is 2. The smallest absolute Gasteiger partial charge is 0.238 e. The van der Waals surface area contributed by atoms with Crippen LogP contribution in [0.1, 0.15) is 86.1 Å². The molecule has 0 aliphatic carbocycles. The van der Waals surface area contributed by atoms with E-state index in [2.05, 4.69) is 80.9 Å². The Hall–Kier alpha value is -0.146. The van der Waals surface area contributed by atoms with Gasteiger partial charge in [-0.3, -0.25) is 4.58 Å². The van der Waals surface area contributed by atoms with Crippen LogP contribution in [0.2, 0.25) is 36.3 Å². The highest BCUT2D eigenvalue weighted by atomic mass is 28.4. The average Bonchev–Trinajstić information content (AvgIpc) is 2.76. The van der Waals surface area contributed by atoms with Crippen LogP contribution >= 0.6 is 0 Å². The lowest BCUT2D eigenvalue weighted by atomic mass is 10.2. The zero-order valence-electron chi connectivity index (χ0n) is 25.5. The predicted octanol–water partition coefficient (Wildman–Crippen LogP) is 9.66. The van der Waals surface area contributed by atoms with Crippen molar-refractivity contribution in [3.8, 4) is 0 Å². The van der Waals surface area contributed by atoms with Crippen molar-refractivity contribution in [2.24, 2.45) is 0 Å². The Balaban J connectivity index is -0.000000235. The summed E-state index contributed by atoms with van der Waals surface area (Å²) < 4.78 is 39.9. The molecule has 0 bridgehead atoms. The summed E-state index contributed by atoms with van der Waals surface area (Å²) in [6.07, 6.45) is -0.430. The van der Waals surface area contributed by atoms with Gasteiger partial charge < -0.3 is 28.1 Å². The van der Waals surface area contributed by atoms with E-state index in [9.17, 15) is 0 Å². The van der Waals surface area contributed by atoms with E-state index in [4.69, 9.17) is 37.6 Å². The Kier molecular flexibility index (Phi) is 44.8. The second kappa shape index (κ2) is 30.9. The molecule has 0 aromatic carbocycles. The highest BCUT2D eigenvalue weighted by molar-refractivity contribution is 6.74. The predicted molar refractivity (Wildman–Crippen MR) is 193 cm³/mol. The molecule has 0 aromatic heterocycles. The first-order chi connectivity index (χ1) is 16.6. The van der Waals surface area contributed by atoms with Gasteiger partial charge in [0.15, 0.2) is 8.32 Å². The van der Waals surface area contributed by atoms with Crippen LogP contribution in [0, 0.1) is 0 Å². The van der Waals surface area contributed by atoms with Crippen LogP contribution in [0.5, 0.6) is 0 Å². The number of hydrogen-bond donors (Lipinski definition) is 0. The molecule has 42 heavy (non-hydrogen) atoms. The van der Waals surface area contributed by atoms with Crippen molar-refractivity contribution in [2.45, 2.75) is 135 Å². The Morgan fingerprint density at radius 3 is 1.31 bits per heavy atom. The SMILES string of the molecule is C.C.C.C.C.C.C=C.COCC(COCCOCC(COC)OO[Si](C)(C)C(C)(C)C)OCCO[Si](C)(C)C(C)(C)C. The molecule has 0 aromatic rings. The van der Waals surface area contributed by atoms with Crippen molar-refractivity contribution in [1.29, 1.82) is 0 Å². The van der Waals surface area contributed by atoms with Crippen molar-refractivity contribution >= 4 is 16.6 Å². The molecule has 10 heteroatoms. The van der Waals surface area contributed by atoms with E-state index in [0.29, 0.717) is 52.9 Å². The molecule has 0 saturated heterocycles. The van der Waals surface area contributed by atoms with E-state index in [0.717, 1.165) is 0 Å². The molecule has 0 saturated carbocycles. The molecule has 266 valence electrons. The third kappa shape index (κ3) is 27.4. The molecule has 0 N–H and O–H groups in total. The van der Waals surface area contributed by atoms with E-state index in [1.165, 1.54) is 0 Å². The quantitative estimate of drug-likeness (QED) is 0.0450. The molecule has 0 amide bonds. The van der Waals surface area contributed by atoms with E-state index < -0.39 is 16.6 Å². The summed E-state index contributed by atoms with van der Waals surface area (Å²) in [6, 6.07) is 0. The second-order valence-corrected chi connectivity index (χ2v) is 21.2. The minimum atomic E-state index is -2.00. The third-order valence-corrected chi connectivity index (χ3v) is 15.3. The van der Waals surface area contributed by atoms with Gasteiger partial charge >= 0.3 is 0 Å². The lowest BCUT2D eigenvalue weighted by Gasteiger charge is -2.36. The Morgan fingerprint density at radius 1 is 0.548 bits per heavy atom. The van der Waals surface area contributed by atoms with Crippen LogP contribution in [0.25, 0.3) is 0 Å². The van der Waals surface area contributed by atoms with Crippen molar-refractivity contribution < 1.29 is 37.6 Å². The van der Waals surface area contributed by atoms with E-state index in [-0.39, 0.29) is 66.8 Å². The topological polar surface area (TPSA) is 73.8 Å². The van der Waals surface area contributed by atoms with Gasteiger partial charge in [-0.2, -0.15) is 0 Å². The Labute approximate surface area is 268 Å². The number of hydrogen-bond acceptors (Lipinski definition) is 8. The molecule has 0 aliphatic heterocycles. The highest BCUT2D eigenvalue weighted by Crippen LogP contribution is 2.37. The van der Waals surface area contributed by atoms with Crippen molar-refractivity contribution in [3.05, 3.63) is 13.2 Å². The van der Waals surface area contributed by atoms with Crippen LogP contribution in [0.15, 0.2) is 13.2 Å². The van der Waals surface area contributed by atoms with Gasteiger partial charge in [0.2, 0.25) is 8.32 Å². The maximum atomic E-state index is 6.16. The molecule has 0 fully saturated rings. The molecule has 2 unspecified atom stereocenters. The summed E-state index contributed by atoms with van der Waals surface area (Å²) in [7, 11) is -0.466. The van der Waals surface area contributed by atoms with Gasteiger partial charge in [-0.15, -0.1) is 13.2 Å². The van der Waals surface area contributed by atoms with Gasteiger partial charge in [0, 0.05) is 14.2 Å². The van der Waals surface area contributed by atoms with Crippen LogP contribution < -0.4 is 0 Å². The number of ether oxygens (including phenoxy) is 5. The second-order valence-electron chi connectivity index (χ2n) is 11.7. The van der Waals surface area contributed by atoms with Gasteiger partial charge in [0.1, 0.15) is 12.2 Å². The average molecular weight is 651 g/mol. The van der Waals surface area contributed by atoms with Crippen LogP contribution in [0.3, 0.4) is 0 Å². The Morgan fingerprint density at radius 2 is 0.929 bits per heavy atom. The van der Waals surface area contributed by atoms with Crippen molar-refractivity contribution in [3.63, 3.8) is 0 Å². The molecule has 0 rings (SSSR count). The molecule has 0 heterocycles. The van der Waals surface area contributed by atoms with E-state index >= 15 is 0 Å². The summed E-state index contributed by atoms with van der Waals surface area (Å²) in [6.45, 7) is 31.6. The molecule has 8 nitrogen and oxygen atoms in total. The number of rotatable bonds is 19. The van der Waals surface area contributed by atoms with E-state index in [1.807, 2.05) is 0 Å². The largest absolute Gasteiger partial charge is 0.414 e. The fraction of sp³-hybridized carbons (Fsp3) is 0.938. The van der Waals surface area contributed by atoms with E-state index in [1.54, 1.807) is 14.2 Å². The van der Waals surface area contributed by atoms with Gasteiger partial charge in [0.25, 0.3) is 0 Å². The van der Waals surface area contributed by atoms with Crippen LogP contribution in [0.4, 0.5) is 0 Å². The lowest BCUT2D eigenvalue weighted by molar-refractivity contribution is -0.276. The standard InChI is InChI=1S/C24H54O8Si2.C2H4.6CH4/c1-23(2,3)33(9,10)30-16-15-29-21(17-25-7)19-27-13-14-28-20-22(18-26-8)31-32-34(11,12)24(4,5)6;1-2;;;;;;/h21-22H,13-20H2,1-12H3;1-2H2;6*1H4. The third-order valence-electron chi connectivity index (χ3n) is 6.59. The fourth-order valence-corrected chi connectivity index (χ4v) is 3.86. The van der Waals surface area contributed by atoms with Gasteiger partial charge in [-0.1, -0.05) is 86.1 Å². The summed E-state index contributed by atoms with van der Waals surface area (Å²) in [5, 5.41) is 0.253. The summed E-state index contributed by atoms with van der Waals surface area (Å²) in [5.41, 5.74) is 0. The summed E-state index contributed by atoms with van der Waals surface area (Å²) >= 11 is 0. The Bertz CT molecular complexity index is 536. The van der Waals surface area contributed by atoms with Crippen LogP contribution in [-0.2, 0) is 37.6 Å². The van der Waals surface area contributed by atoms with Crippen LogP contribution in [-0.4, -0.2) is 95.9 Å². The van der Waals surface area contributed by atoms with Crippen molar-refractivity contribution in [2.75, 3.05) is 67.1 Å². The molecule has 0 spiro atoms. The molecule has 2 atom stereocenters. The molecule has 0 radical (unpaired) electrons.